The summed E-state index contributed by atoms with van der Waals surface area (Å²) in [6.45, 7) is 6.50. The quantitative estimate of drug-likeness (QED) is 0.483. The van der Waals surface area contributed by atoms with Gasteiger partial charge in [-0.15, -0.1) is 0 Å². The molecule has 3 aliphatic rings. The Morgan fingerprint density at radius 2 is 1.71 bits per heavy atom. The molecule has 2 N–H and O–H groups in total. The average molecular weight is 608 g/mol. The summed E-state index contributed by atoms with van der Waals surface area (Å²) >= 11 is 12.4. The number of nitrogens with zero attached hydrogens (tertiary/aromatic N) is 4. The van der Waals surface area contributed by atoms with Gasteiger partial charge in [0.15, 0.2) is 0 Å². The number of piperidine rings is 2. The molecule has 4 heterocycles. The van der Waals surface area contributed by atoms with E-state index in [1.54, 1.807) is 25.1 Å². The second kappa shape index (κ2) is 13.2. The molecule has 3 aliphatic heterocycles. The predicted octanol–water partition coefficient (Wildman–Crippen LogP) is 4.88. The summed E-state index contributed by atoms with van der Waals surface area (Å²) in [4.78, 5) is 39.1. The number of amides is 2. The normalized spacial score (nSPS) is 22.6. The molecule has 0 aliphatic carbocycles. The van der Waals surface area contributed by atoms with E-state index >= 15 is 0 Å². The Bertz CT molecular complexity index is 1270. The Hall–Kier alpha value is -2.53. The standard InChI is InChI=1S/C29H37Cl2FN6O3/c1-17-26(29(40)38-12-7-20(8-13-38)33-25-9-14-41-16-24(25)32)35-28(19-5-10-37(11-6-19)18(2)39)36-27(17)34-21-3-4-22(30)23(31)15-21/h3-4,15,19-20,24-25,33H,5-14,16H2,1-2H3,(H,34,35,36)/t24-,25+/m1/s1. The number of alkyl halides is 1. The lowest BCUT2D eigenvalue weighted by Gasteiger charge is -2.36. The van der Waals surface area contributed by atoms with Crippen LogP contribution in [0.25, 0.3) is 0 Å². The van der Waals surface area contributed by atoms with Gasteiger partial charge in [0.05, 0.1) is 16.7 Å². The first-order chi connectivity index (χ1) is 19.7. The highest BCUT2D eigenvalue weighted by molar-refractivity contribution is 6.42. The maximum atomic E-state index is 14.3. The van der Waals surface area contributed by atoms with Crippen LogP contribution in [0, 0.1) is 6.92 Å². The fourth-order valence-electron chi connectivity index (χ4n) is 5.80. The van der Waals surface area contributed by atoms with Gasteiger partial charge >= 0.3 is 0 Å². The molecule has 0 bridgehead atoms. The highest BCUT2D eigenvalue weighted by Crippen LogP contribution is 2.32. The number of benzene rings is 1. The molecule has 0 saturated carbocycles. The van der Waals surface area contributed by atoms with Crippen LogP contribution in [0.2, 0.25) is 10.0 Å². The molecule has 2 amide bonds. The number of anilines is 2. The fourth-order valence-corrected chi connectivity index (χ4v) is 6.10. The van der Waals surface area contributed by atoms with E-state index in [9.17, 15) is 14.0 Å². The summed E-state index contributed by atoms with van der Waals surface area (Å²) in [5.74, 6) is 1.07. The van der Waals surface area contributed by atoms with Gasteiger partial charge in [-0.3, -0.25) is 9.59 Å². The van der Waals surface area contributed by atoms with Crippen LogP contribution in [0.5, 0.6) is 0 Å². The van der Waals surface area contributed by atoms with E-state index in [2.05, 4.69) is 10.6 Å². The first kappa shape index (κ1) is 29.9. The van der Waals surface area contributed by atoms with Crippen molar-refractivity contribution in [1.29, 1.82) is 0 Å². The molecule has 3 fully saturated rings. The smallest absolute Gasteiger partial charge is 0.272 e. The molecule has 5 rings (SSSR count). The van der Waals surface area contributed by atoms with Gasteiger partial charge in [-0.05, 0) is 57.2 Å². The van der Waals surface area contributed by atoms with Crippen LogP contribution < -0.4 is 10.6 Å². The number of halogens is 3. The molecule has 2 atom stereocenters. The largest absolute Gasteiger partial charge is 0.378 e. The van der Waals surface area contributed by atoms with Crippen molar-refractivity contribution in [3.63, 3.8) is 0 Å². The molecule has 0 spiro atoms. The summed E-state index contributed by atoms with van der Waals surface area (Å²) in [7, 11) is 0. The van der Waals surface area contributed by atoms with Crippen molar-refractivity contribution < 1.29 is 18.7 Å². The monoisotopic (exact) mass is 606 g/mol. The zero-order valence-corrected chi connectivity index (χ0v) is 25.0. The topological polar surface area (TPSA) is 99.7 Å². The van der Waals surface area contributed by atoms with E-state index in [1.165, 1.54) is 0 Å². The number of hydrogen-bond acceptors (Lipinski definition) is 7. The molecule has 222 valence electrons. The summed E-state index contributed by atoms with van der Waals surface area (Å²) in [6.07, 6.45) is 2.58. The van der Waals surface area contributed by atoms with E-state index in [1.807, 2.05) is 16.7 Å². The summed E-state index contributed by atoms with van der Waals surface area (Å²) < 4.78 is 19.5. The summed E-state index contributed by atoms with van der Waals surface area (Å²) in [5, 5.41) is 7.62. The molecular formula is C29H37Cl2FN6O3. The Kier molecular flexibility index (Phi) is 9.63. The summed E-state index contributed by atoms with van der Waals surface area (Å²) in [6, 6.07) is 5.18. The van der Waals surface area contributed by atoms with Gasteiger partial charge in [0.25, 0.3) is 5.91 Å². The number of hydrogen-bond donors (Lipinski definition) is 2. The SMILES string of the molecule is CC(=O)N1CCC(c2nc(Nc3ccc(Cl)c(Cl)c3)c(C)c(C(=O)N3CCC(N[C@H]4CCOC[C@H]4F)CC3)n2)CC1. The van der Waals surface area contributed by atoms with Gasteiger partial charge in [0.1, 0.15) is 23.5 Å². The number of carbonyl (C=O) groups excluding carboxylic acids is 2. The van der Waals surface area contributed by atoms with Crippen LogP contribution in [0.4, 0.5) is 15.9 Å². The minimum atomic E-state index is -1.01. The maximum absolute atomic E-state index is 14.3. The molecule has 9 nitrogen and oxygen atoms in total. The molecule has 3 saturated heterocycles. The van der Waals surface area contributed by atoms with Gasteiger partial charge in [-0.1, -0.05) is 23.2 Å². The third-order valence-electron chi connectivity index (χ3n) is 8.37. The molecule has 2 aromatic rings. The average Bonchev–Trinajstić information content (AvgIpc) is 2.97. The lowest BCUT2D eigenvalue weighted by Crippen LogP contribution is -2.52. The van der Waals surface area contributed by atoms with Crippen LogP contribution in [-0.4, -0.2) is 89.2 Å². The van der Waals surface area contributed by atoms with E-state index in [4.69, 9.17) is 37.9 Å². The molecule has 0 unspecified atom stereocenters. The van der Waals surface area contributed by atoms with Crippen LogP contribution in [0.15, 0.2) is 18.2 Å². The van der Waals surface area contributed by atoms with Crippen molar-refractivity contribution >= 4 is 46.5 Å². The molecular weight excluding hydrogens is 570 g/mol. The van der Waals surface area contributed by atoms with Crippen LogP contribution in [0.3, 0.4) is 0 Å². The fraction of sp³-hybridized carbons (Fsp3) is 0.586. The second-order valence-electron chi connectivity index (χ2n) is 11.2. The van der Waals surface area contributed by atoms with Crippen molar-refractivity contribution in [2.45, 2.75) is 70.1 Å². The Balaban J connectivity index is 1.35. The van der Waals surface area contributed by atoms with E-state index in [0.717, 1.165) is 25.7 Å². The highest BCUT2D eigenvalue weighted by Gasteiger charge is 2.32. The van der Waals surface area contributed by atoms with Gasteiger partial charge < -0.3 is 25.2 Å². The van der Waals surface area contributed by atoms with Crippen LogP contribution in [-0.2, 0) is 9.53 Å². The first-order valence-electron chi connectivity index (χ1n) is 14.3. The maximum Gasteiger partial charge on any atom is 0.272 e. The number of carbonyl (C=O) groups is 2. The molecule has 1 aromatic heterocycles. The van der Waals surface area contributed by atoms with Crippen molar-refractivity contribution in [2.24, 2.45) is 0 Å². The molecule has 0 radical (unpaired) electrons. The van der Waals surface area contributed by atoms with E-state index in [0.29, 0.717) is 77.8 Å². The lowest BCUT2D eigenvalue weighted by molar-refractivity contribution is -0.129. The number of aromatic nitrogens is 2. The van der Waals surface area contributed by atoms with Crippen molar-refractivity contribution in [2.75, 3.05) is 44.7 Å². The van der Waals surface area contributed by atoms with E-state index < -0.39 is 6.17 Å². The van der Waals surface area contributed by atoms with Crippen molar-refractivity contribution in [3.05, 3.63) is 45.3 Å². The first-order valence-corrected chi connectivity index (χ1v) is 15.1. The zero-order chi connectivity index (χ0) is 29.1. The third-order valence-corrected chi connectivity index (χ3v) is 9.11. The predicted molar refractivity (Wildman–Crippen MR) is 157 cm³/mol. The Morgan fingerprint density at radius 1 is 1.00 bits per heavy atom. The lowest BCUT2D eigenvalue weighted by atomic mass is 9.95. The number of nitrogens with one attached hydrogen (secondary N) is 2. The number of ether oxygens (including phenoxy) is 1. The molecule has 12 heteroatoms. The van der Waals surface area contributed by atoms with Crippen molar-refractivity contribution in [3.8, 4) is 0 Å². The second-order valence-corrected chi connectivity index (χ2v) is 12.0. The molecule has 1 aromatic carbocycles. The van der Waals surface area contributed by atoms with Gasteiger partial charge in [-0.25, -0.2) is 14.4 Å². The van der Waals surface area contributed by atoms with Crippen LogP contribution >= 0.6 is 23.2 Å². The minimum Gasteiger partial charge on any atom is -0.378 e. The van der Waals surface area contributed by atoms with Crippen molar-refractivity contribution in [1.82, 2.24) is 25.1 Å². The number of rotatable bonds is 6. The van der Waals surface area contributed by atoms with Gasteiger partial charge in [-0.2, -0.15) is 0 Å². The van der Waals surface area contributed by atoms with Gasteiger partial charge in [0.2, 0.25) is 5.91 Å². The zero-order valence-electron chi connectivity index (χ0n) is 23.5. The summed E-state index contributed by atoms with van der Waals surface area (Å²) in [5.41, 5.74) is 1.71. The Morgan fingerprint density at radius 3 is 2.37 bits per heavy atom. The Labute approximate surface area is 250 Å². The van der Waals surface area contributed by atoms with Gasteiger partial charge in [0, 0.05) is 69.0 Å². The number of likely N-dealkylation sites (tertiary alicyclic amines) is 2. The minimum absolute atomic E-state index is 0.0233. The molecule has 41 heavy (non-hydrogen) atoms. The van der Waals surface area contributed by atoms with Crippen LogP contribution in [0.1, 0.15) is 66.8 Å². The third kappa shape index (κ3) is 7.10. The highest BCUT2D eigenvalue weighted by atomic mass is 35.5. The van der Waals surface area contributed by atoms with E-state index in [-0.39, 0.29) is 36.4 Å².